The summed E-state index contributed by atoms with van der Waals surface area (Å²) in [4.78, 5) is 9.16. The van der Waals surface area contributed by atoms with Crippen molar-refractivity contribution in [2.45, 2.75) is 13.8 Å². The van der Waals surface area contributed by atoms with Gasteiger partial charge in [-0.25, -0.2) is 9.97 Å². The molecule has 0 saturated heterocycles. The average molecular weight is 394 g/mol. The minimum Gasteiger partial charge on any atom is -0.504 e. The van der Waals surface area contributed by atoms with Gasteiger partial charge in [0.2, 0.25) is 0 Å². The molecule has 8 heteroatoms. The summed E-state index contributed by atoms with van der Waals surface area (Å²) in [7, 11) is 0. The van der Waals surface area contributed by atoms with Crippen LogP contribution in [0.25, 0.3) is 20.7 Å². The number of rotatable bonds is 6. The lowest BCUT2D eigenvalue weighted by Crippen LogP contribution is -1.93. The number of anilines is 1. The number of hydrogen-bond donors (Lipinski definition) is 2. The molecule has 3 heterocycles. The number of nitrogens with one attached hydrogen (secondary N) is 1. The van der Waals surface area contributed by atoms with Gasteiger partial charge in [0, 0.05) is 5.56 Å². The van der Waals surface area contributed by atoms with Crippen molar-refractivity contribution in [2.24, 2.45) is 5.10 Å². The molecule has 1 aromatic carbocycles. The average Bonchev–Trinajstić information content (AvgIpc) is 3.26. The summed E-state index contributed by atoms with van der Waals surface area (Å²) in [6, 6.07) is 11.3. The van der Waals surface area contributed by atoms with E-state index in [9.17, 15) is 5.11 Å². The number of fused-ring (bicyclic) bond motifs is 1. The van der Waals surface area contributed by atoms with Crippen LogP contribution >= 0.6 is 11.3 Å². The topological polar surface area (TPSA) is 92.8 Å². The maximum absolute atomic E-state index is 10.7. The van der Waals surface area contributed by atoms with E-state index in [4.69, 9.17) is 9.15 Å². The highest BCUT2D eigenvalue weighted by molar-refractivity contribution is 7.23. The summed E-state index contributed by atoms with van der Waals surface area (Å²) < 4.78 is 11.9. The maximum Gasteiger partial charge on any atom is 0.167 e. The van der Waals surface area contributed by atoms with Crippen molar-refractivity contribution < 1.29 is 14.3 Å². The summed E-state index contributed by atoms with van der Waals surface area (Å²) in [5.74, 6) is 2.76. The van der Waals surface area contributed by atoms with Crippen LogP contribution in [0.15, 0.2) is 52.2 Å². The van der Waals surface area contributed by atoms with E-state index in [0.717, 1.165) is 11.3 Å². The molecular formula is C20H18N4O3S. The minimum absolute atomic E-state index is 0.100. The molecule has 142 valence electrons. The first-order valence-corrected chi connectivity index (χ1v) is 9.53. The number of furan rings is 1. The van der Waals surface area contributed by atoms with E-state index in [0.29, 0.717) is 39.0 Å². The van der Waals surface area contributed by atoms with Gasteiger partial charge < -0.3 is 14.3 Å². The van der Waals surface area contributed by atoms with Crippen molar-refractivity contribution in [3.8, 4) is 21.9 Å². The third-order valence-electron chi connectivity index (χ3n) is 4.00. The molecule has 4 rings (SSSR count). The van der Waals surface area contributed by atoms with Crippen LogP contribution in [0.2, 0.25) is 0 Å². The summed E-state index contributed by atoms with van der Waals surface area (Å²) in [5.41, 5.74) is 4.18. The third-order valence-corrected chi connectivity index (χ3v) is 5.21. The number of hydrazone groups is 1. The molecule has 0 radical (unpaired) electrons. The number of nitrogens with zero attached hydrogens (tertiary/aromatic N) is 3. The number of aromatic hydroxyl groups is 1. The van der Waals surface area contributed by atoms with Crippen molar-refractivity contribution in [1.82, 2.24) is 9.97 Å². The Hall–Kier alpha value is -3.39. The van der Waals surface area contributed by atoms with E-state index < -0.39 is 0 Å². The van der Waals surface area contributed by atoms with Crippen LogP contribution in [0.1, 0.15) is 18.4 Å². The molecule has 4 aromatic rings. The van der Waals surface area contributed by atoms with Crippen LogP contribution in [0, 0.1) is 6.92 Å². The molecule has 2 N–H and O–H groups in total. The summed E-state index contributed by atoms with van der Waals surface area (Å²) in [6.45, 7) is 4.33. The van der Waals surface area contributed by atoms with Gasteiger partial charge in [-0.3, -0.25) is 5.43 Å². The Kier molecular flexibility index (Phi) is 4.94. The lowest BCUT2D eigenvalue weighted by molar-refractivity contribution is 0.341. The molecule has 0 unspecified atom stereocenters. The van der Waals surface area contributed by atoms with Gasteiger partial charge >= 0.3 is 0 Å². The van der Waals surface area contributed by atoms with Crippen molar-refractivity contribution >= 4 is 33.6 Å². The van der Waals surface area contributed by atoms with Crippen LogP contribution in [-0.2, 0) is 0 Å². The van der Waals surface area contributed by atoms with E-state index in [2.05, 4.69) is 20.5 Å². The second-order valence-corrected chi connectivity index (χ2v) is 6.95. The first kappa shape index (κ1) is 18.0. The fourth-order valence-corrected chi connectivity index (χ4v) is 3.89. The van der Waals surface area contributed by atoms with Crippen LogP contribution in [0.4, 0.5) is 5.82 Å². The zero-order chi connectivity index (χ0) is 19.5. The number of aryl methyl sites for hydroxylation is 1. The van der Waals surface area contributed by atoms with Gasteiger partial charge in [0.15, 0.2) is 11.6 Å². The zero-order valence-corrected chi connectivity index (χ0v) is 16.2. The molecule has 3 aromatic heterocycles. The van der Waals surface area contributed by atoms with Crippen molar-refractivity contribution in [3.63, 3.8) is 0 Å². The second-order valence-electron chi connectivity index (χ2n) is 5.93. The summed E-state index contributed by atoms with van der Waals surface area (Å²) in [5, 5.41) is 14.9. The molecule has 0 atom stereocenters. The van der Waals surface area contributed by atoms with Crippen LogP contribution < -0.4 is 10.2 Å². The number of hydrogen-bond acceptors (Lipinski definition) is 8. The smallest absolute Gasteiger partial charge is 0.167 e. The quantitative estimate of drug-likeness (QED) is 0.360. The molecule has 0 aliphatic carbocycles. The Morgan fingerprint density at radius 1 is 1.25 bits per heavy atom. The van der Waals surface area contributed by atoms with E-state index >= 15 is 0 Å². The largest absolute Gasteiger partial charge is 0.504 e. The van der Waals surface area contributed by atoms with Gasteiger partial charge in [0.25, 0.3) is 0 Å². The highest BCUT2D eigenvalue weighted by Crippen LogP contribution is 2.47. The van der Waals surface area contributed by atoms with Gasteiger partial charge in [-0.05, 0) is 38.1 Å². The predicted octanol–water partition coefficient (Wildman–Crippen LogP) is 4.81. The van der Waals surface area contributed by atoms with E-state index in [1.54, 1.807) is 6.21 Å². The van der Waals surface area contributed by atoms with Gasteiger partial charge in [0.1, 0.15) is 33.8 Å². The lowest BCUT2D eigenvalue weighted by atomic mass is 10.1. The number of ether oxygens (including phenoxy) is 1. The molecule has 28 heavy (non-hydrogen) atoms. The first-order chi connectivity index (χ1) is 13.7. The number of aromatic nitrogens is 2. The lowest BCUT2D eigenvalue weighted by Gasteiger charge is -2.08. The zero-order valence-electron chi connectivity index (χ0n) is 15.3. The minimum atomic E-state index is 0.100. The highest BCUT2D eigenvalue weighted by Gasteiger charge is 2.19. The van der Waals surface area contributed by atoms with Crippen LogP contribution in [0.5, 0.6) is 11.5 Å². The SMILES string of the molecule is CCOc1ccccc1-c1sc2c(N/N=C/c3ccc(C)o3)ncnc2c1O. The third kappa shape index (κ3) is 3.41. The molecule has 0 spiro atoms. The standard InChI is InChI=1S/C20H18N4O3S/c1-3-26-15-7-5-4-6-14(15)18-17(25)16-19(28-18)20(22-11-21-16)24-23-10-13-9-8-12(2)27-13/h4-11,25H,3H2,1-2H3,(H,21,22,24)/b23-10+. The molecule has 0 saturated carbocycles. The molecule has 0 aliphatic rings. The monoisotopic (exact) mass is 394 g/mol. The molecular weight excluding hydrogens is 376 g/mol. The van der Waals surface area contributed by atoms with Crippen LogP contribution in [-0.4, -0.2) is 27.9 Å². The van der Waals surface area contributed by atoms with Crippen LogP contribution in [0.3, 0.4) is 0 Å². The Labute approximate surface area is 165 Å². The van der Waals surface area contributed by atoms with Crippen molar-refractivity contribution in [1.29, 1.82) is 0 Å². The number of thiophene rings is 1. The van der Waals surface area contributed by atoms with Gasteiger partial charge in [0.05, 0.1) is 17.7 Å². The Bertz CT molecular complexity index is 1150. The van der Waals surface area contributed by atoms with Crippen molar-refractivity contribution in [3.05, 3.63) is 54.2 Å². The normalized spacial score (nSPS) is 11.4. The second kappa shape index (κ2) is 7.69. The summed E-state index contributed by atoms with van der Waals surface area (Å²) in [6.07, 6.45) is 2.96. The maximum atomic E-state index is 10.7. The molecule has 0 aliphatic heterocycles. The Morgan fingerprint density at radius 2 is 2.11 bits per heavy atom. The van der Waals surface area contributed by atoms with E-state index in [1.165, 1.54) is 17.7 Å². The molecule has 0 amide bonds. The molecule has 0 fully saturated rings. The van der Waals surface area contributed by atoms with Gasteiger partial charge in [-0.1, -0.05) is 12.1 Å². The fourth-order valence-electron chi connectivity index (χ4n) is 2.77. The van der Waals surface area contributed by atoms with Gasteiger partial charge in [-0.2, -0.15) is 5.10 Å². The predicted molar refractivity (Wildman–Crippen MR) is 110 cm³/mol. The first-order valence-electron chi connectivity index (χ1n) is 8.71. The van der Waals surface area contributed by atoms with E-state index in [1.807, 2.05) is 50.2 Å². The molecule has 0 bridgehead atoms. The summed E-state index contributed by atoms with van der Waals surface area (Å²) >= 11 is 1.38. The van der Waals surface area contributed by atoms with E-state index in [-0.39, 0.29) is 5.75 Å². The Balaban J connectivity index is 1.71. The van der Waals surface area contributed by atoms with Crippen molar-refractivity contribution in [2.75, 3.05) is 12.0 Å². The molecule has 7 nitrogen and oxygen atoms in total. The Morgan fingerprint density at radius 3 is 2.89 bits per heavy atom. The highest BCUT2D eigenvalue weighted by atomic mass is 32.1. The van der Waals surface area contributed by atoms with Gasteiger partial charge in [-0.15, -0.1) is 11.3 Å². The number of benzene rings is 1. The number of para-hydroxylation sites is 1. The fraction of sp³-hybridized carbons (Fsp3) is 0.150.